The second-order valence-corrected chi connectivity index (χ2v) is 2.11. The van der Waals surface area contributed by atoms with Crippen LogP contribution in [0, 0.1) is 0 Å². The van der Waals surface area contributed by atoms with Crippen molar-refractivity contribution in [3.8, 4) is 0 Å². The van der Waals surface area contributed by atoms with E-state index in [4.69, 9.17) is 5.73 Å². The molecule has 0 saturated carbocycles. The molecule has 0 aliphatic carbocycles. The van der Waals surface area contributed by atoms with E-state index in [9.17, 15) is 0 Å². The van der Waals surface area contributed by atoms with Gasteiger partial charge in [0.05, 0.1) is 0 Å². The first-order valence-electron chi connectivity index (χ1n) is 2.86. The number of halogens is 2. The lowest BCUT2D eigenvalue weighted by atomic mass is 10.1. The van der Waals surface area contributed by atoms with Crippen molar-refractivity contribution in [1.82, 2.24) is 5.32 Å². The summed E-state index contributed by atoms with van der Waals surface area (Å²) in [6, 6.07) is 0.425. The van der Waals surface area contributed by atoms with Gasteiger partial charge in [-0.1, -0.05) is 0 Å². The summed E-state index contributed by atoms with van der Waals surface area (Å²) < 4.78 is 0. The Labute approximate surface area is 68.4 Å². The van der Waals surface area contributed by atoms with Crippen LogP contribution in [0.15, 0.2) is 0 Å². The molecular weight excluding hydrogens is 159 g/mol. The maximum absolute atomic E-state index is 5.57. The molecule has 4 heteroatoms. The maximum atomic E-state index is 5.57. The summed E-state index contributed by atoms with van der Waals surface area (Å²) in [5.74, 6) is 0. The lowest BCUT2D eigenvalue weighted by molar-refractivity contribution is 0.459. The van der Waals surface area contributed by atoms with Crippen molar-refractivity contribution >= 4 is 24.8 Å². The normalized spacial score (nSPS) is 25.7. The van der Waals surface area contributed by atoms with Gasteiger partial charge in [-0.15, -0.1) is 24.8 Å². The van der Waals surface area contributed by atoms with Crippen LogP contribution in [0.25, 0.3) is 0 Å². The first-order valence-corrected chi connectivity index (χ1v) is 2.86. The highest BCUT2D eigenvalue weighted by Crippen LogP contribution is 1.96. The van der Waals surface area contributed by atoms with Crippen molar-refractivity contribution in [2.75, 3.05) is 13.1 Å². The Kier molecular flexibility index (Phi) is 8.97. The molecule has 0 aromatic carbocycles. The molecule has 0 spiro atoms. The van der Waals surface area contributed by atoms with E-state index in [2.05, 4.69) is 5.32 Å². The van der Waals surface area contributed by atoms with Crippen LogP contribution in [0.3, 0.4) is 0 Å². The first kappa shape index (κ1) is 12.2. The second-order valence-electron chi connectivity index (χ2n) is 2.11. The van der Waals surface area contributed by atoms with Crippen LogP contribution in [0.1, 0.15) is 12.8 Å². The van der Waals surface area contributed by atoms with E-state index in [1.54, 1.807) is 0 Å². The summed E-state index contributed by atoms with van der Waals surface area (Å²) >= 11 is 0. The predicted octanol–water partition coefficient (Wildman–Crippen LogP) is 0.541. The van der Waals surface area contributed by atoms with Gasteiger partial charge < -0.3 is 11.1 Å². The average Bonchev–Trinajstić information content (AvgIpc) is 1.69. The van der Waals surface area contributed by atoms with Crippen LogP contribution in [0.2, 0.25) is 0 Å². The third-order valence-corrected chi connectivity index (χ3v) is 1.33. The van der Waals surface area contributed by atoms with Crippen LogP contribution in [0.5, 0.6) is 0 Å². The van der Waals surface area contributed by atoms with Crippen molar-refractivity contribution in [2.45, 2.75) is 18.9 Å². The number of hydrogen-bond acceptors (Lipinski definition) is 2. The molecule has 1 aliphatic rings. The SMILES string of the molecule is Cl.Cl.NC1CCCNC1. The zero-order chi connectivity index (χ0) is 5.11. The zero-order valence-electron chi connectivity index (χ0n) is 5.30. The van der Waals surface area contributed by atoms with Crippen molar-refractivity contribution in [3.63, 3.8) is 0 Å². The molecule has 1 heterocycles. The third kappa shape index (κ3) is 4.97. The minimum atomic E-state index is 0. The second kappa shape index (κ2) is 6.62. The van der Waals surface area contributed by atoms with Gasteiger partial charge in [-0.05, 0) is 19.4 Å². The molecule has 0 radical (unpaired) electrons. The molecule has 1 fully saturated rings. The Morgan fingerprint density at radius 1 is 1.33 bits per heavy atom. The molecule has 0 amide bonds. The van der Waals surface area contributed by atoms with Crippen LogP contribution in [-0.4, -0.2) is 19.1 Å². The molecule has 1 aliphatic heterocycles. The van der Waals surface area contributed by atoms with E-state index in [1.165, 1.54) is 12.8 Å². The molecule has 58 valence electrons. The Morgan fingerprint density at radius 2 is 2.00 bits per heavy atom. The Bertz CT molecular complexity index is 54.9. The van der Waals surface area contributed by atoms with Crippen molar-refractivity contribution in [1.29, 1.82) is 0 Å². The molecule has 1 rings (SSSR count). The summed E-state index contributed by atoms with van der Waals surface area (Å²) in [7, 11) is 0. The summed E-state index contributed by atoms with van der Waals surface area (Å²) in [4.78, 5) is 0. The van der Waals surface area contributed by atoms with E-state index >= 15 is 0 Å². The molecule has 1 atom stereocenters. The molecule has 0 aromatic rings. The molecule has 1 saturated heterocycles. The molecule has 9 heavy (non-hydrogen) atoms. The number of rotatable bonds is 0. The minimum Gasteiger partial charge on any atom is -0.327 e. The fourth-order valence-corrected chi connectivity index (χ4v) is 0.879. The van der Waals surface area contributed by atoms with E-state index in [0.717, 1.165) is 13.1 Å². The van der Waals surface area contributed by atoms with Crippen LogP contribution in [0.4, 0.5) is 0 Å². The quantitative estimate of drug-likeness (QED) is 0.561. The highest BCUT2D eigenvalue weighted by molar-refractivity contribution is 5.85. The lowest BCUT2D eigenvalue weighted by Gasteiger charge is -2.17. The molecule has 3 N–H and O–H groups in total. The van der Waals surface area contributed by atoms with Crippen molar-refractivity contribution in [2.24, 2.45) is 5.73 Å². The molecule has 0 aromatic heterocycles. The van der Waals surface area contributed by atoms with Gasteiger partial charge >= 0.3 is 0 Å². The first-order chi connectivity index (χ1) is 3.39. The van der Waals surface area contributed by atoms with Gasteiger partial charge in [0, 0.05) is 12.6 Å². The van der Waals surface area contributed by atoms with Gasteiger partial charge in [-0.25, -0.2) is 0 Å². The largest absolute Gasteiger partial charge is 0.327 e. The molecule has 2 nitrogen and oxygen atoms in total. The Hall–Kier alpha value is 0.500. The van der Waals surface area contributed by atoms with Gasteiger partial charge in [0.2, 0.25) is 0 Å². The monoisotopic (exact) mass is 172 g/mol. The van der Waals surface area contributed by atoms with Crippen LogP contribution in [-0.2, 0) is 0 Å². The highest BCUT2D eigenvalue weighted by Gasteiger charge is 2.05. The van der Waals surface area contributed by atoms with E-state index in [1.807, 2.05) is 0 Å². The topological polar surface area (TPSA) is 38.0 Å². The van der Waals surface area contributed by atoms with Crippen molar-refractivity contribution < 1.29 is 0 Å². The summed E-state index contributed by atoms with van der Waals surface area (Å²) in [6.45, 7) is 2.17. The standard InChI is InChI=1S/C5H12N2.2ClH/c6-5-2-1-3-7-4-5;;/h5,7H,1-4,6H2;2*1H. The zero-order valence-corrected chi connectivity index (χ0v) is 6.93. The average molecular weight is 173 g/mol. The number of nitrogens with one attached hydrogen (secondary N) is 1. The van der Waals surface area contributed by atoms with Gasteiger partial charge in [0.1, 0.15) is 0 Å². The maximum Gasteiger partial charge on any atom is 0.0165 e. The van der Waals surface area contributed by atoms with Crippen LogP contribution >= 0.6 is 24.8 Å². The lowest BCUT2D eigenvalue weighted by Crippen LogP contribution is -2.39. The Morgan fingerprint density at radius 3 is 2.22 bits per heavy atom. The van der Waals surface area contributed by atoms with Crippen LogP contribution < -0.4 is 11.1 Å². The number of hydrogen-bond donors (Lipinski definition) is 2. The van der Waals surface area contributed by atoms with E-state index in [-0.39, 0.29) is 24.8 Å². The summed E-state index contributed by atoms with van der Waals surface area (Å²) in [6.07, 6.45) is 2.45. The van der Waals surface area contributed by atoms with E-state index in [0.29, 0.717) is 6.04 Å². The smallest absolute Gasteiger partial charge is 0.0165 e. The van der Waals surface area contributed by atoms with Gasteiger partial charge in [-0.3, -0.25) is 0 Å². The molecule has 0 bridgehead atoms. The third-order valence-electron chi connectivity index (χ3n) is 1.33. The number of nitrogens with two attached hydrogens (primary N) is 1. The van der Waals surface area contributed by atoms with Crippen molar-refractivity contribution in [3.05, 3.63) is 0 Å². The highest BCUT2D eigenvalue weighted by atomic mass is 35.5. The summed E-state index contributed by atoms with van der Waals surface area (Å²) in [5, 5.41) is 3.21. The predicted molar refractivity (Wildman–Crippen MR) is 44.6 cm³/mol. The fourth-order valence-electron chi connectivity index (χ4n) is 0.879. The van der Waals surface area contributed by atoms with Gasteiger partial charge in [-0.2, -0.15) is 0 Å². The van der Waals surface area contributed by atoms with Gasteiger partial charge in [0.15, 0.2) is 0 Å². The van der Waals surface area contributed by atoms with Gasteiger partial charge in [0.25, 0.3) is 0 Å². The molecular formula is C5H14Cl2N2. The molecule has 1 unspecified atom stereocenters. The number of piperidine rings is 1. The Balaban J connectivity index is 0. The fraction of sp³-hybridized carbons (Fsp3) is 1.00. The summed E-state index contributed by atoms with van der Waals surface area (Å²) in [5.41, 5.74) is 5.57. The minimum absolute atomic E-state index is 0. The van der Waals surface area contributed by atoms with E-state index < -0.39 is 0 Å².